The first-order valence-electron chi connectivity index (χ1n) is 4.71. The van der Waals surface area contributed by atoms with E-state index in [1.165, 1.54) is 0 Å². The smallest absolute Gasteiger partial charge is 0.148 e. The van der Waals surface area contributed by atoms with E-state index >= 15 is 0 Å². The molecule has 0 aliphatic carbocycles. The second-order valence-electron chi connectivity index (χ2n) is 3.59. The summed E-state index contributed by atoms with van der Waals surface area (Å²) in [7, 11) is 0. The average Bonchev–Trinajstić information content (AvgIpc) is 2.52. The van der Waals surface area contributed by atoms with Crippen LogP contribution < -0.4 is 5.73 Å². The minimum absolute atomic E-state index is 0.527. The molecule has 0 aliphatic heterocycles. The van der Waals surface area contributed by atoms with E-state index in [0.29, 0.717) is 5.82 Å². The summed E-state index contributed by atoms with van der Waals surface area (Å²) in [6.45, 7) is 5.76. The van der Waals surface area contributed by atoms with Gasteiger partial charge < -0.3 is 5.73 Å². The molecule has 0 saturated carbocycles. The molecule has 5 heteroatoms. The first-order valence-corrected chi connectivity index (χ1v) is 4.71. The van der Waals surface area contributed by atoms with Gasteiger partial charge in [-0.05, 0) is 26.8 Å². The second kappa shape index (κ2) is 3.34. The van der Waals surface area contributed by atoms with Gasteiger partial charge in [0, 0.05) is 11.1 Å². The summed E-state index contributed by atoms with van der Waals surface area (Å²) in [5, 5.41) is 14.9. The maximum atomic E-state index is 5.69. The Morgan fingerprint density at radius 2 is 1.93 bits per heavy atom. The fourth-order valence-electron chi connectivity index (χ4n) is 1.48. The molecule has 78 valence electrons. The Bertz CT molecular complexity index is 501. The molecule has 2 aromatic rings. The van der Waals surface area contributed by atoms with Crippen LogP contribution in [0.3, 0.4) is 0 Å². The third-order valence-corrected chi connectivity index (χ3v) is 2.42. The van der Waals surface area contributed by atoms with Crippen molar-refractivity contribution in [2.24, 2.45) is 0 Å². The Morgan fingerprint density at radius 3 is 2.53 bits per heavy atom. The third-order valence-electron chi connectivity index (χ3n) is 2.42. The van der Waals surface area contributed by atoms with Gasteiger partial charge in [-0.15, -0.1) is 0 Å². The topological polar surface area (TPSA) is 80.5 Å². The molecule has 0 spiro atoms. The van der Waals surface area contributed by atoms with Crippen molar-refractivity contribution < 1.29 is 0 Å². The lowest BCUT2D eigenvalue weighted by atomic mass is 10.1. The number of aromatic nitrogens is 4. The zero-order valence-electron chi connectivity index (χ0n) is 9.00. The Hall–Kier alpha value is -1.91. The lowest BCUT2D eigenvalue weighted by molar-refractivity contribution is 0.939. The summed E-state index contributed by atoms with van der Waals surface area (Å²) >= 11 is 0. The van der Waals surface area contributed by atoms with E-state index in [4.69, 9.17) is 5.73 Å². The molecule has 2 rings (SSSR count). The predicted molar refractivity (Wildman–Crippen MR) is 58.2 cm³/mol. The number of nitrogen functional groups attached to an aromatic ring is 1. The molecule has 5 nitrogen and oxygen atoms in total. The summed E-state index contributed by atoms with van der Waals surface area (Å²) in [4.78, 5) is 0. The van der Waals surface area contributed by atoms with Crippen LogP contribution in [0.4, 0.5) is 5.82 Å². The number of rotatable bonds is 1. The summed E-state index contributed by atoms with van der Waals surface area (Å²) in [5.74, 6) is 0.527. The highest BCUT2D eigenvalue weighted by Gasteiger charge is 2.11. The van der Waals surface area contributed by atoms with Crippen molar-refractivity contribution in [2.75, 3.05) is 5.73 Å². The van der Waals surface area contributed by atoms with Crippen molar-refractivity contribution in [1.29, 1.82) is 0 Å². The van der Waals surface area contributed by atoms with Crippen LogP contribution in [0.2, 0.25) is 0 Å². The van der Waals surface area contributed by atoms with Crippen LogP contribution in [0.25, 0.3) is 11.3 Å². The highest BCUT2D eigenvalue weighted by atomic mass is 15.2. The Morgan fingerprint density at radius 1 is 1.20 bits per heavy atom. The van der Waals surface area contributed by atoms with Crippen molar-refractivity contribution in [1.82, 2.24) is 20.4 Å². The van der Waals surface area contributed by atoms with Crippen LogP contribution in [0.1, 0.15) is 17.0 Å². The van der Waals surface area contributed by atoms with Crippen molar-refractivity contribution in [3.8, 4) is 11.3 Å². The first kappa shape index (κ1) is 9.64. The van der Waals surface area contributed by atoms with Crippen molar-refractivity contribution in [3.05, 3.63) is 23.0 Å². The largest absolute Gasteiger partial charge is 0.382 e. The molecule has 0 saturated heterocycles. The number of hydrogen-bond acceptors (Lipinski definition) is 4. The van der Waals surface area contributed by atoms with E-state index in [1.54, 1.807) is 0 Å². The lowest BCUT2D eigenvalue weighted by Crippen LogP contribution is -1.95. The van der Waals surface area contributed by atoms with E-state index in [2.05, 4.69) is 20.4 Å². The maximum absolute atomic E-state index is 5.69. The number of aryl methyl sites for hydroxylation is 2. The summed E-state index contributed by atoms with van der Waals surface area (Å²) in [6.07, 6.45) is 0. The molecule has 0 aromatic carbocycles. The lowest BCUT2D eigenvalue weighted by Gasteiger charge is -2.03. The Kier molecular flexibility index (Phi) is 2.15. The van der Waals surface area contributed by atoms with E-state index in [1.807, 2.05) is 26.8 Å². The van der Waals surface area contributed by atoms with Crippen LogP contribution >= 0.6 is 0 Å². The summed E-state index contributed by atoms with van der Waals surface area (Å²) in [5.41, 5.74) is 10.3. The predicted octanol–water partition coefficient (Wildman–Crippen LogP) is 1.37. The fraction of sp³-hybridized carbons (Fsp3) is 0.300. The molecule has 15 heavy (non-hydrogen) atoms. The summed E-state index contributed by atoms with van der Waals surface area (Å²) < 4.78 is 0. The van der Waals surface area contributed by atoms with Gasteiger partial charge in [0.2, 0.25) is 0 Å². The molecule has 0 fully saturated rings. The molecule has 0 atom stereocenters. The number of nitrogens with zero attached hydrogens (tertiary/aromatic N) is 3. The maximum Gasteiger partial charge on any atom is 0.148 e. The number of hydrogen-bond donors (Lipinski definition) is 2. The molecule has 2 heterocycles. The van der Waals surface area contributed by atoms with Crippen LogP contribution in [-0.2, 0) is 0 Å². The number of H-pyrrole nitrogens is 1. The molecule has 2 aromatic heterocycles. The highest BCUT2D eigenvalue weighted by molar-refractivity contribution is 5.69. The highest BCUT2D eigenvalue weighted by Crippen LogP contribution is 2.25. The molecule has 0 bridgehead atoms. The van der Waals surface area contributed by atoms with Gasteiger partial charge in [0.1, 0.15) is 5.82 Å². The number of nitrogens with one attached hydrogen (secondary N) is 1. The van der Waals surface area contributed by atoms with Crippen molar-refractivity contribution >= 4 is 5.82 Å². The van der Waals surface area contributed by atoms with Gasteiger partial charge >= 0.3 is 0 Å². The van der Waals surface area contributed by atoms with Crippen LogP contribution in [0.15, 0.2) is 6.07 Å². The van der Waals surface area contributed by atoms with Gasteiger partial charge in [-0.1, -0.05) is 0 Å². The molecular weight excluding hydrogens is 190 g/mol. The zero-order valence-corrected chi connectivity index (χ0v) is 9.00. The van der Waals surface area contributed by atoms with E-state index in [-0.39, 0.29) is 0 Å². The van der Waals surface area contributed by atoms with Gasteiger partial charge in [0.25, 0.3) is 0 Å². The number of nitrogens with two attached hydrogens (primary N) is 1. The normalized spacial score (nSPS) is 10.6. The second-order valence-corrected chi connectivity index (χ2v) is 3.59. The van der Waals surface area contributed by atoms with Gasteiger partial charge in [-0.25, -0.2) is 0 Å². The van der Waals surface area contributed by atoms with Gasteiger partial charge in [-0.2, -0.15) is 15.3 Å². The van der Waals surface area contributed by atoms with E-state index in [0.717, 1.165) is 28.2 Å². The fourth-order valence-corrected chi connectivity index (χ4v) is 1.48. The first-order chi connectivity index (χ1) is 7.09. The third kappa shape index (κ3) is 1.56. The van der Waals surface area contributed by atoms with Crippen molar-refractivity contribution in [3.63, 3.8) is 0 Å². The van der Waals surface area contributed by atoms with E-state index < -0.39 is 0 Å². The minimum Gasteiger partial charge on any atom is -0.382 e. The molecular formula is C10H13N5. The Labute approximate surface area is 87.7 Å². The molecule has 0 aliphatic rings. The SMILES string of the molecule is Cc1cc(-c2[nH]nc(N)c2C)c(C)nn1. The van der Waals surface area contributed by atoms with Gasteiger partial charge in [-0.3, -0.25) is 5.10 Å². The quantitative estimate of drug-likeness (QED) is 0.733. The average molecular weight is 203 g/mol. The van der Waals surface area contributed by atoms with Gasteiger partial charge in [0.05, 0.1) is 17.1 Å². The van der Waals surface area contributed by atoms with Crippen LogP contribution in [-0.4, -0.2) is 20.4 Å². The zero-order chi connectivity index (χ0) is 11.0. The standard InChI is InChI=1S/C10H13N5/c1-5-4-8(7(3)13-12-5)9-6(2)10(11)15-14-9/h4H,1-3H3,(H3,11,14,15). The number of aromatic amines is 1. The number of anilines is 1. The van der Waals surface area contributed by atoms with Crippen LogP contribution in [0, 0.1) is 20.8 Å². The van der Waals surface area contributed by atoms with Gasteiger partial charge in [0.15, 0.2) is 0 Å². The summed E-state index contributed by atoms with van der Waals surface area (Å²) in [6, 6.07) is 1.97. The molecule has 0 amide bonds. The van der Waals surface area contributed by atoms with Crippen molar-refractivity contribution in [2.45, 2.75) is 20.8 Å². The molecule has 0 unspecified atom stereocenters. The van der Waals surface area contributed by atoms with Crippen LogP contribution in [0.5, 0.6) is 0 Å². The minimum atomic E-state index is 0.527. The van der Waals surface area contributed by atoms with E-state index in [9.17, 15) is 0 Å². The molecule has 0 radical (unpaired) electrons. The molecule has 3 N–H and O–H groups in total. The monoisotopic (exact) mass is 203 g/mol. The Balaban J connectivity index is 2.63.